The predicted molar refractivity (Wildman–Crippen MR) is 126 cm³/mol. The summed E-state index contributed by atoms with van der Waals surface area (Å²) in [5.74, 6) is 0.569. The maximum atomic E-state index is 13.8. The lowest BCUT2D eigenvalue weighted by molar-refractivity contribution is -0.145. The zero-order chi connectivity index (χ0) is 22.2. The van der Waals surface area contributed by atoms with Gasteiger partial charge in [-0.3, -0.25) is 9.59 Å². The fourth-order valence-electron chi connectivity index (χ4n) is 6.53. The number of carbonyl (C=O) groups excluding carboxylic acids is 2. The maximum absolute atomic E-state index is 13.8. The molecule has 2 aromatic rings. The number of hydrogen-bond donors (Lipinski definition) is 0. The maximum Gasteiger partial charge on any atom is 0.233 e. The molecular weight excluding hydrogens is 396 g/mol. The molecule has 32 heavy (non-hydrogen) atoms. The monoisotopic (exact) mass is 430 g/mol. The van der Waals surface area contributed by atoms with Gasteiger partial charge in [-0.05, 0) is 49.7 Å². The van der Waals surface area contributed by atoms with Gasteiger partial charge in [0.1, 0.15) is 0 Å². The first kappa shape index (κ1) is 21.2. The van der Waals surface area contributed by atoms with Gasteiger partial charge in [-0.25, -0.2) is 0 Å². The van der Waals surface area contributed by atoms with Crippen LogP contribution >= 0.6 is 0 Å². The van der Waals surface area contributed by atoms with E-state index in [1.54, 1.807) is 0 Å². The third-order valence-corrected chi connectivity index (χ3v) is 8.46. The molecule has 0 radical (unpaired) electrons. The summed E-state index contributed by atoms with van der Waals surface area (Å²) in [6, 6.07) is 21.1. The molecule has 0 bridgehead atoms. The van der Waals surface area contributed by atoms with Gasteiger partial charge in [0, 0.05) is 26.2 Å². The molecule has 1 saturated carbocycles. The van der Waals surface area contributed by atoms with Gasteiger partial charge < -0.3 is 9.80 Å². The standard InChI is InChI=1S/C28H34N2O2/c1-29-24(20-22-10-4-2-5-11-22)21-27(25(29)31)16-18-30(19-17-27)26(32)28(14-8-9-15-28)23-12-6-3-7-13-23/h2-7,10-13,24H,8-9,14-21H2,1H3/t24-/m1/s1. The van der Waals surface area contributed by atoms with E-state index in [-0.39, 0.29) is 28.7 Å². The number of hydrogen-bond acceptors (Lipinski definition) is 2. The van der Waals surface area contributed by atoms with Gasteiger partial charge in [0.15, 0.2) is 0 Å². The summed E-state index contributed by atoms with van der Waals surface area (Å²) in [6.45, 7) is 1.40. The van der Waals surface area contributed by atoms with Gasteiger partial charge in [0.2, 0.25) is 11.8 Å². The van der Waals surface area contributed by atoms with Gasteiger partial charge in [-0.15, -0.1) is 0 Å². The summed E-state index contributed by atoms with van der Waals surface area (Å²) in [4.78, 5) is 31.2. The van der Waals surface area contributed by atoms with Crippen LogP contribution in [0.2, 0.25) is 0 Å². The van der Waals surface area contributed by atoms with Crippen LogP contribution in [0.5, 0.6) is 0 Å². The molecule has 2 amide bonds. The number of benzene rings is 2. The molecule has 2 aliphatic heterocycles. The number of amides is 2. The Morgan fingerprint density at radius 3 is 2.12 bits per heavy atom. The topological polar surface area (TPSA) is 40.6 Å². The van der Waals surface area contributed by atoms with Crippen molar-refractivity contribution in [3.63, 3.8) is 0 Å². The van der Waals surface area contributed by atoms with E-state index in [4.69, 9.17) is 0 Å². The van der Waals surface area contributed by atoms with Gasteiger partial charge >= 0.3 is 0 Å². The Bertz CT molecular complexity index is 957. The minimum atomic E-state index is -0.363. The van der Waals surface area contributed by atoms with E-state index in [0.717, 1.165) is 51.4 Å². The quantitative estimate of drug-likeness (QED) is 0.712. The Balaban J connectivity index is 1.29. The van der Waals surface area contributed by atoms with Gasteiger partial charge in [-0.2, -0.15) is 0 Å². The normalized spacial score (nSPS) is 24.3. The highest BCUT2D eigenvalue weighted by atomic mass is 16.2. The van der Waals surface area contributed by atoms with Crippen molar-refractivity contribution in [3.05, 3.63) is 71.8 Å². The van der Waals surface area contributed by atoms with Gasteiger partial charge in [0.05, 0.1) is 10.8 Å². The molecule has 1 aliphatic carbocycles. The Labute approximate surface area is 191 Å². The first-order chi connectivity index (χ1) is 15.5. The number of piperidine rings is 1. The molecule has 2 saturated heterocycles. The van der Waals surface area contributed by atoms with Crippen LogP contribution in [0.25, 0.3) is 0 Å². The summed E-state index contributed by atoms with van der Waals surface area (Å²) in [5.41, 5.74) is 1.80. The van der Waals surface area contributed by atoms with E-state index < -0.39 is 0 Å². The second-order valence-electron chi connectivity index (χ2n) is 10.2. The SMILES string of the molecule is CN1C(=O)C2(CCN(C(=O)C3(c4ccccc4)CCCC3)CC2)C[C@H]1Cc1ccccc1. The summed E-state index contributed by atoms with van der Waals surface area (Å²) in [5, 5.41) is 0. The van der Waals surface area contributed by atoms with Crippen LogP contribution in [0.1, 0.15) is 56.1 Å². The summed E-state index contributed by atoms with van der Waals surface area (Å²) in [7, 11) is 1.96. The molecule has 3 fully saturated rings. The summed E-state index contributed by atoms with van der Waals surface area (Å²) >= 11 is 0. The molecule has 3 aliphatic rings. The highest BCUT2D eigenvalue weighted by molar-refractivity contribution is 5.90. The van der Waals surface area contributed by atoms with Crippen LogP contribution in [0, 0.1) is 5.41 Å². The largest absolute Gasteiger partial charge is 0.342 e. The first-order valence-electron chi connectivity index (χ1n) is 12.2. The van der Waals surface area contributed by atoms with Gasteiger partial charge in [-0.1, -0.05) is 73.5 Å². The molecule has 4 nitrogen and oxygen atoms in total. The smallest absolute Gasteiger partial charge is 0.233 e. The number of likely N-dealkylation sites (tertiary alicyclic amines) is 2. The molecule has 1 spiro atoms. The van der Waals surface area contributed by atoms with Crippen molar-refractivity contribution in [2.45, 2.75) is 62.8 Å². The fourth-order valence-corrected chi connectivity index (χ4v) is 6.53. The van der Waals surface area contributed by atoms with Crippen molar-refractivity contribution in [3.8, 4) is 0 Å². The lowest BCUT2D eigenvalue weighted by Gasteiger charge is -2.42. The molecule has 5 rings (SSSR count). The molecule has 4 heteroatoms. The molecule has 0 aromatic heterocycles. The molecular formula is C28H34N2O2. The Kier molecular flexibility index (Phi) is 5.56. The van der Waals surface area contributed by atoms with E-state index in [0.29, 0.717) is 13.1 Å². The average Bonchev–Trinajstić information content (AvgIpc) is 3.42. The Morgan fingerprint density at radius 1 is 0.906 bits per heavy atom. The van der Waals surface area contributed by atoms with E-state index >= 15 is 0 Å². The van der Waals surface area contributed by atoms with Crippen LogP contribution < -0.4 is 0 Å². The van der Waals surface area contributed by atoms with Gasteiger partial charge in [0.25, 0.3) is 0 Å². The van der Waals surface area contributed by atoms with Crippen molar-refractivity contribution in [2.24, 2.45) is 5.41 Å². The van der Waals surface area contributed by atoms with Crippen molar-refractivity contribution >= 4 is 11.8 Å². The highest BCUT2D eigenvalue weighted by Crippen LogP contribution is 2.47. The van der Waals surface area contributed by atoms with Crippen LogP contribution in [0.3, 0.4) is 0 Å². The minimum Gasteiger partial charge on any atom is -0.342 e. The molecule has 168 valence electrons. The highest BCUT2D eigenvalue weighted by Gasteiger charge is 2.53. The lowest BCUT2D eigenvalue weighted by atomic mass is 9.73. The zero-order valence-electron chi connectivity index (χ0n) is 19.1. The van der Waals surface area contributed by atoms with Crippen molar-refractivity contribution < 1.29 is 9.59 Å². The van der Waals surface area contributed by atoms with Crippen molar-refractivity contribution in [2.75, 3.05) is 20.1 Å². The molecule has 0 unspecified atom stereocenters. The predicted octanol–water partition coefficient (Wildman–Crippen LogP) is 4.58. The summed E-state index contributed by atoms with van der Waals surface area (Å²) < 4.78 is 0. The Hall–Kier alpha value is -2.62. The molecule has 0 N–H and O–H groups in total. The van der Waals surface area contributed by atoms with E-state index in [9.17, 15) is 9.59 Å². The molecule has 2 aromatic carbocycles. The Morgan fingerprint density at radius 2 is 1.50 bits per heavy atom. The molecule has 2 heterocycles. The molecule has 1 atom stereocenters. The minimum absolute atomic E-state index is 0.248. The van der Waals surface area contributed by atoms with Crippen LogP contribution in [-0.2, 0) is 21.4 Å². The van der Waals surface area contributed by atoms with Crippen LogP contribution in [-0.4, -0.2) is 47.8 Å². The zero-order valence-corrected chi connectivity index (χ0v) is 19.1. The second-order valence-corrected chi connectivity index (χ2v) is 10.2. The van der Waals surface area contributed by atoms with E-state index in [1.165, 1.54) is 11.1 Å². The third-order valence-electron chi connectivity index (χ3n) is 8.46. The van der Waals surface area contributed by atoms with Crippen molar-refractivity contribution in [1.29, 1.82) is 0 Å². The van der Waals surface area contributed by atoms with Crippen LogP contribution in [0.4, 0.5) is 0 Å². The second kappa shape index (κ2) is 8.38. The van der Waals surface area contributed by atoms with Crippen molar-refractivity contribution in [1.82, 2.24) is 9.80 Å². The lowest BCUT2D eigenvalue weighted by Crippen LogP contribution is -2.51. The number of likely N-dealkylation sites (N-methyl/N-ethyl adjacent to an activating group) is 1. The first-order valence-corrected chi connectivity index (χ1v) is 12.2. The third kappa shape index (κ3) is 3.54. The van der Waals surface area contributed by atoms with E-state index in [1.807, 2.05) is 36.2 Å². The number of carbonyl (C=O) groups is 2. The van der Waals surface area contributed by atoms with E-state index in [2.05, 4.69) is 41.3 Å². The fraction of sp³-hybridized carbons (Fsp3) is 0.500. The van der Waals surface area contributed by atoms with Crippen LogP contribution in [0.15, 0.2) is 60.7 Å². The number of nitrogens with zero attached hydrogens (tertiary/aromatic N) is 2. The summed E-state index contributed by atoms with van der Waals surface area (Å²) in [6.07, 6.45) is 7.51. The average molecular weight is 431 g/mol. The number of rotatable bonds is 4.